The third-order valence-electron chi connectivity index (χ3n) is 4.97. The number of likely N-dealkylation sites (tertiary alicyclic amines) is 1. The zero-order chi connectivity index (χ0) is 17.7. The van der Waals surface area contributed by atoms with Gasteiger partial charge < -0.3 is 14.2 Å². The highest BCUT2D eigenvalue weighted by Crippen LogP contribution is 2.39. The minimum atomic E-state index is -1.04. The van der Waals surface area contributed by atoms with E-state index in [9.17, 15) is 9.18 Å². The molecule has 2 aliphatic heterocycles. The number of carbonyl (C=O) groups excluding carboxylic acids is 1. The first-order valence-electron chi connectivity index (χ1n) is 7.99. The number of nitrogens with zero attached hydrogens (tertiary/aromatic N) is 4. The van der Waals surface area contributed by atoms with Gasteiger partial charge in [0.2, 0.25) is 5.91 Å². The number of hydrogen-bond acceptors (Lipinski definition) is 5. The van der Waals surface area contributed by atoms with Gasteiger partial charge in [-0.3, -0.25) is 4.79 Å². The lowest BCUT2D eigenvalue weighted by atomic mass is 9.87. The lowest BCUT2D eigenvalue weighted by Gasteiger charge is -2.38. The molecule has 2 saturated heterocycles. The third kappa shape index (κ3) is 2.98. The first-order valence-corrected chi connectivity index (χ1v) is 7.99. The Hall–Kier alpha value is -1.74. The minimum absolute atomic E-state index is 0.0401. The number of carbonyl (C=O) groups is 1. The molecule has 0 aliphatic carbocycles. The molecule has 1 amide bonds. The highest BCUT2D eigenvalue weighted by molar-refractivity contribution is 6.54. The fourth-order valence-electron chi connectivity index (χ4n) is 2.58. The van der Waals surface area contributed by atoms with Crippen molar-refractivity contribution < 1.29 is 18.5 Å². The molecule has 7 nitrogen and oxygen atoms in total. The Bertz CT molecular complexity index is 666. The van der Waals surface area contributed by atoms with E-state index in [2.05, 4.69) is 10.3 Å². The molecule has 0 aromatic carbocycles. The van der Waals surface area contributed by atoms with Crippen molar-refractivity contribution in [3.63, 3.8) is 0 Å². The molecule has 1 aromatic rings. The largest absolute Gasteiger partial charge is 0.525 e. The summed E-state index contributed by atoms with van der Waals surface area (Å²) in [7, 11) is -1.04. The van der Waals surface area contributed by atoms with Gasteiger partial charge in [-0.2, -0.15) is 0 Å². The van der Waals surface area contributed by atoms with Crippen LogP contribution in [-0.2, 0) is 14.1 Å². The van der Waals surface area contributed by atoms with Crippen molar-refractivity contribution in [2.24, 2.45) is 0 Å². The molecule has 0 spiro atoms. The van der Waals surface area contributed by atoms with Crippen molar-refractivity contribution in [3.8, 4) is 0 Å². The summed E-state index contributed by atoms with van der Waals surface area (Å²) >= 11 is 0. The van der Waals surface area contributed by atoms with Gasteiger partial charge in [0, 0.05) is 20.0 Å². The van der Waals surface area contributed by atoms with Gasteiger partial charge in [-0.05, 0) is 33.8 Å². The van der Waals surface area contributed by atoms with Crippen molar-refractivity contribution in [1.82, 2.24) is 19.9 Å². The summed E-state index contributed by atoms with van der Waals surface area (Å²) in [6.45, 7) is 10.2. The van der Waals surface area contributed by atoms with Crippen LogP contribution in [0.4, 0.5) is 4.39 Å². The Morgan fingerprint density at radius 2 is 1.92 bits per heavy atom. The van der Waals surface area contributed by atoms with Crippen LogP contribution < -0.4 is 0 Å². The molecule has 3 rings (SSSR count). The third-order valence-corrected chi connectivity index (χ3v) is 4.97. The summed E-state index contributed by atoms with van der Waals surface area (Å²) in [5, 5.41) is 7.96. The van der Waals surface area contributed by atoms with Crippen LogP contribution in [0.3, 0.4) is 0 Å². The lowest BCUT2D eigenvalue weighted by Crippen LogP contribution is -2.50. The van der Waals surface area contributed by atoms with E-state index < -0.39 is 24.0 Å². The van der Waals surface area contributed by atoms with Crippen LogP contribution in [0.1, 0.15) is 46.4 Å². The van der Waals surface area contributed by atoms with Crippen molar-refractivity contribution in [3.05, 3.63) is 17.6 Å². The Kier molecular flexibility index (Phi) is 4.04. The molecule has 3 heterocycles. The van der Waals surface area contributed by atoms with Crippen molar-refractivity contribution >= 4 is 19.1 Å². The Morgan fingerprint density at radius 1 is 1.33 bits per heavy atom. The first kappa shape index (κ1) is 17.1. The normalized spacial score (nSPS) is 23.5. The van der Waals surface area contributed by atoms with E-state index in [0.29, 0.717) is 18.8 Å². The molecule has 0 N–H and O–H groups in total. The van der Waals surface area contributed by atoms with Crippen molar-refractivity contribution in [2.45, 2.75) is 51.9 Å². The second-order valence-electron chi connectivity index (χ2n) is 7.32. The Balaban J connectivity index is 1.66. The minimum Gasteiger partial charge on any atom is -0.398 e. The Morgan fingerprint density at radius 3 is 2.46 bits per heavy atom. The van der Waals surface area contributed by atoms with E-state index in [4.69, 9.17) is 9.31 Å². The summed E-state index contributed by atoms with van der Waals surface area (Å²) in [5.41, 5.74) is -1.34. The molecule has 0 atom stereocenters. The van der Waals surface area contributed by atoms with E-state index >= 15 is 0 Å². The highest BCUT2D eigenvalue weighted by atomic mass is 19.1. The van der Waals surface area contributed by atoms with Crippen LogP contribution in [0.25, 0.3) is 6.08 Å². The number of aromatic nitrogens is 3. The van der Waals surface area contributed by atoms with Crippen LogP contribution in [0.15, 0.2) is 11.9 Å². The summed E-state index contributed by atoms with van der Waals surface area (Å²) in [4.78, 5) is 12.9. The maximum absolute atomic E-state index is 14.4. The van der Waals surface area contributed by atoms with Gasteiger partial charge in [0.05, 0.1) is 23.4 Å². The number of hydrogen-bond donors (Lipinski definition) is 0. The van der Waals surface area contributed by atoms with E-state index in [1.165, 1.54) is 13.0 Å². The fraction of sp³-hybridized carbons (Fsp3) is 0.667. The molecule has 2 aliphatic rings. The number of halogens is 1. The lowest BCUT2D eigenvalue weighted by molar-refractivity contribution is -0.134. The second kappa shape index (κ2) is 5.66. The smallest absolute Gasteiger partial charge is 0.398 e. The van der Waals surface area contributed by atoms with E-state index in [0.717, 1.165) is 0 Å². The molecule has 2 fully saturated rings. The van der Waals surface area contributed by atoms with Gasteiger partial charge >= 0.3 is 7.12 Å². The monoisotopic (exact) mass is 336 g/mol. The van der Waals surface area contributed by atoms with Gasteiger partial charge in [0.25, 0.3) is 0 Å². The van der Waals surface area contributed by atoms with Crippen LogP contribution in [0, 0.1) is 0 Å². The highest BCUT2D eigenvalue weighted by Gasteiger charge is 2.53. The zero-order valence-electron chi connectivity index (χ0n) is 14.6. The molecule has 0 unspecified atom stereocenters. The molecule has 0 radical (unpaired) electrons. The average Bonchev–Trinajstić information content (AvgIpc) is 2.90. The van der Waals surface area contributed by atoms with Gasteiger partial charge in [-0.15, -0.1) is 5.10 Å². The van der Waals surface area contributed by atoms with E-state index in [1.54, 1.807) is 15.8 Å². The predicted octanol–water partition coefficient (Wildman–Crippen LogP) is 1.62. The molecular weight excluding hydrogens is 314 g/mol. The van der Waals surface area contributed by atoms with Crippen LogP contribution in [-0.4, -0.2) is 57.2 Å². The molecule has 0 bridgehead atoms. The second-order valence-corrected chi connectivity index (χ2v) is 7.32. The van der Waals surface area contributed by atoms with Gasteiger partial charge in [-0.25, -0.2) is 9.07 Å². The topological polar surface area (TPSA) is 69.5 Å². The molecule has 9 heteroatoms. The van der Waals surface area contributed by atoms with Crippen LogP contribution in [0.5, 0.6) is 0 Å². The Labute approximate surface area is 140 Å². The van der Waals surface area contributed by atoms with Gasteiger partial charge in [0.15, 0.2) is 0 Å². The maximum Gasteiger partial charge on any atom is 0.525 e. The van der Waals surface area contributed by atoms with Crippen molar-refractivity contribution in [2.75, 3.05) is 13.1 Å². The van der Waals surface area contributed by atoms with E-state index in [-0.39, 0.29) is 11.9 Å². The summed E-state index contributed by atoms with van der Waals surface area (Å²) in [6.07, 6.45) is 2.93. The molecular formula is C15H22BFN4O3. The zero-order valence-corrected chi connectivity index (χ0v) is 14.6. The van der Waals surface area contributed by atoms with Gasteiger partial charge in [0.1, 0.15) is 11.4 Å². The molecule has 0 saturated carbocycles. The summed E-state index contributed by atoms with van der Waals surface area (Å²) < 4.78 is 27.4. The molecule has 24 heavy (non-hydrogen) atoms. The average molecular weight is 336 g/mol. The SMILES string of the molecule is CC(=O)N1CC(n2cc(C=C(F)B3OC(C)(C)C(C)(C)O3)nn2)C1. The van der Waals surface area contributed by atoms with Gasteiger partial charge in [-0.1, -0.05) is 5.21 Å². The summed E-state index contributed by atoms with van der Waals surface area (Å²) in [5.74, 6) is 0.0401. The van der Waals surface area contributed by atoms with Crippen LogP contribution >= 0.6 is 0 Å². The quantitative estimate of drug-likeness (QED) is 0.785. The van der Waals surface area contributed by atoms with E-state index in [1.807, 2.05) is 27.7 Å². The van der Waals surface area contributed by atoms with Crippen LogP contribution in [0.2, 0.25) is 0 Å². The number of rotatable bonds is 3. The standard InChI is InChI=1S/C15H22BFN4O3/c1-10(22)20-8-12(9-20)21-7-11(18-19-21)6-13(17)16-23-14(2,3)15(4,5)24-16/h6-7,12H,8-9H2,1-5H3. The fourth-order valence-corrected chi connectivity index (χ4v) is 2.58. The molecule has 1 aromatic heterocycles. The first-order chi connectivity index (χ1) is 11.1. The summed E-state index contributed by atoms with van der Waals surface area (Å²) in [6, 6.07) is 0.0865. The number of amides is 1. The van der Waals surface area contributed by atoms with Crippen molar-refractivity contribution in [1.29, 1.82) is 0 Å². The molecule has 130 valence electrons. The predicted molar refractivity (Wildman–Crippen MR) is 86.5 cm³/mol. The maximum atomic E-state index is 14.4.